The maximum atomic E-state index is 11.9. The Morgan fingerprint density at radius 2 is 2.05 bits per heavy atom. The Balaban J connectivity index is 2.26. The van der Waals surface area contributed by atoms with Gasteiger partial charge in [-0.05, 0) is 40.3 Å². The molecule has 0 spiro atoms. The second kappa shape index (κ2) is 8.19. The van der Waals surface area contributed by atoms with E-state index in [2.05, 4.69) is 31.1 Å². The van der Waals surface area contributed by atoms with Crippen LogP contribution >= 0.6 is 0 Å². The van der Waals surface area contributed by atoms with E-state index in [0.717, 1.165) is 19.4 Å². The Kier molecular flexibility index (Phi) is 6.91. The standard InChI is InChI=1S/C14H27N3O4/c1-10(2)16(3)7-5-4-6-15-14(21)17-9-11(18)8-12(17)13(19)20/h10-12,18H,4-9H2,1-3H3,(H,15,21)(H,19,20)/t11-,12-/m1/s1. The minimum absolute atomic E-state index is 0.0822. The summed E-state index contributed by atoms with van der Waals surface area (Å²) >= 11 is 0. The zero-order valence-electron chi connectivity index (χ0n) is 13.1. The number of aliphatic hydroxyl groups excluding tert-OH is 1. The number of rotatable bonds is 7. The molecule has 2 atom stereocenters. The number of unbranched alkanes of at least 4 members (excludes halogenated alkanes) is 1. The van der Waals surface area contributed by atoms with Gasteiger partial charge in [-0.15, -0.1) is 0 Å². The van der Waals surface area contributed by atoms with Crippen molar-refractivity contribution < 1.29 is 19.8 Å². The lowest BCUT2D eigenvalue weighted by Gasteiger charge is -2.22. The highest BCUT2D eigenvalue weighted by Crippen LogP contribution is 2.18. The number of hydrogen-bond acceptors (Lipinski definition) is 4. The fraction of sp³-hybridized carbons (Fsp3) is 0.857. The Hall–Kier alpha value is -1.34. The van der Waals surface area contributed by atoms with E-state index in [-0.39, 0.29) is 13.0 Å². The largest absolute Gasteiger partial charge is 0.480 e. The third-order valence-corrected chi connectivity index (χ3v) is 3.92. The van der Waals surface area contributed by atoms with Gasteiger partial charge in [0.25, 0.3) is 0 Å². The summed E-state index contributed by atoms with van der Waals surface area (Å²) in [5.74, 6) is -1.07. The van der Waals surface area contributed by atoms with E-state index >= 15 is 0 Å². The molecule has 0 aliphatic carbocycles. The number of carbonyl (C=O) groups is 2. The van der Waals surface area contributed by atoms with Crippen LogP contribution in [0, 0.1) is 0 Å². The second-order valence-corrected chi connectivity index (χ2v) is 5.91. The minimum Gasteiger partial charge on any atom is -0.480 e. The van der Waals surface area contributed by atoms with Gasteiger partial charge in [0.15, 0.2) is 0 Å². The highest BCUT2D eigenvalue weighted by molar-refractivity contribution is 5.83. The predicted molar refractivity (Wildman–Crippen MR) is 79.2 cm³/mol. The molecule has 1 fully saturated rings. The van der Waals surface area contributed by atoms with Crippen LogP contribution in [-0.2, 0) is 4.79 Å². The van der Waals surface area contributed by atoms with Crippen molar-refractivity contribution in [3.05, 3.63) is 0 Å². The van der Waals surface area contributed by atoms with Crippen LogP contribution in [0.1, 0.15) is 33.1 Å². The predicted octanol–water partition coefficient (Wildman–Crippen LogP) is 0.336. The van der Waals surface area contributed by atoms with E-state index in [4.69, 9.17) is 5.11 Å². The molecule has 0 aromatic heterocycles. The number of β-amino-alcohol motifs (C(OH)–C–C–N with tert-alkyl or cyclic N) is 1. The number of amides is 2. The van der Waals surface area contributed by atoms with Crippen molar-refractivity contribution in [2.24, 2.45) is 0 Å². The maximum Gasteiger partial charge on any atom is 0.326 e. The lowest BCUT2D eigenvalue weighted by molar-refractivity contribution is -0.141. The molecule has 7 nitrogen and oxygen atoms in total. The number of likely N-dealkylation sites (tertiary alicyclic amines) is 1. The van der Waals surface area contributed by atoms with Crippen LogP contribution in [0.5, 0.6) is 0 Å². The van der Waals surface area contributed by atoms with Crippen LogP contribution < -0.4 is 5.32 Å². The van der Waals surface area contributed by atoms with E-state index in [1.165, 1.54) is 4.90 Å². The van der Waals surface area contributed by atoms with Gasteiger partial charge in [-0.25, -0.2) is 9.59 Å². The average molecular weight is 301 g/mol. The molecule has 0 radical (unpaired) electrons. The molecule has 0 bridgehead atoms. The quantitative estimate of drug-likeness (QED) is 0.590. The summed E-state index contributed by atoms with van der Waals surface area (Å²) in [5.41, 5.74) is 0. The van der Waals surface area contributed by atoms with Gasteiger partial charge in [0.2, 0.25) is 0 Å². The number of carbonyl (C=O) groups excluding carboxylic acids is 1. The van der Waals surface area contributed by atoms with Gasteiger partial charge in [0.05, 0.1) is 6.10 Å². The first-order chi connectivity index (χ1) is 9.82. The highest BCUT2D eigenvalue weighted by atomic mass is 16.4. The summed E-state index contributed by atoms with van der Waals surface area (Å²) in [5, 5.41) is 21.3. The summed E-state index contributed by atoms with van der Waals surface area (Å²) in [7, 11) is 2.06. The number of carboxylic acids is 1. The SMILES string of the molecule is CC(C)N(C)CCCCNC(=O)N1C[C@H](O)C[C@@H]1C(=O)O. The van der Waals surface area contributed by atoms with Crippen LogP contribution in [0.15, 0.2) is 0 Å². The Morgan fingerprint density at radius 1 is 1.38 bits per heavy atom. The average Bonchev–Trinajstić information content (AvgIpc) is 2.80. The van der Waals surface area contributed by atoms with Crippen LogP contribution in [0.4, 0.5) is 4.79 Å². The molecule has 122 valence electrons. The number of nitrogens with one attached hydrogen (secondary N) is 1. The van der Waals surface area contributed by atoms with Gasteiger partial charge >= 0.3 is 12.0 Å². The monoisotopic (exact) mass is 301 g/mol. The summed E-state index contributed by atoms with van der Waals surface area (Å²) in [6.45, 7) is 5.83. The van der Waals surface area contributed by atoms with Gasteiger partial charge in [0.1, 0.15) is 6.04 Å². The Morgan fingerprint density at radius 3 is 2.62 bits per heavy atom. The van der Waals surface area contributed by atoms with Crippen molar-refractivity contribution in [2.75, 3.05) is 26.7 Å². The maximum absolute atomic E-state index is 11.9. The van der Waals surface area contributed by atoms with Crippen molar-refractivity contribution in [1.82, 2.24) is 15.1 Å². The van der Waals surface area contributed by atoms with Crippen LogP contribution in [-0.4, -0.2) is 76.9 Å². The first-order valence-electron chi connectivity index (χ1n) is 7.48. The first kappa shape index (κ1) is 17.7. The molecule has 21 heavy (non-hydrogen) atoms. The molecule has 7 heteroatoms. The van der Waals surface area contributed by atoms with Gasteiger partial charge in [0, 0.05) is 25.6 Å². The molecule has 1 aliphatic rings. The summed E-state index contributed by atoms with van der Waals surface area (Å²) < 4.78 is 0. The molecule has 0 aromatic carbocycles. The topological polar surface area (TPSA) is 93.1 Å². The van der Waals surface area contributed by atoms with Crippen LogP contribution in [0.3, 0.4) is 0 Å². The number of urea groups is 1. The molecule has 1 heterocycles. The van der Waals surface area contributed by atoms with E-state index in [0.29, 0.717) is 12.6 Å². The smallest absolute Gasteiger partial charge is 0.326 e. The van der Waals surface area contributed by atoms with Crippen molar-refractivity contribution in [1.29, 1.82) is 0 Å². The number of carboxylic acid groups (broad SMARTS) is 1. The molecule has 1 aliphatic heterocycles. The number of aliphatic carboxylic acids is 1. The fourth-order valence-electron chi connectivity index (χ4n) is 2.31. The third kappa shape index (κ3) is 5.51. The van der Waals surface area contributed by atoms with E-state index in [1.54, 1.807) is 0 Å². The first-order valence-corrected chi connectivity index (χ1v) is 7.48. The molecule has 1 rings (SSSR count). The molecule has 0 unspecified atom stereocenters. The van der Waals surface area contributed by atoms with E-state index in [9.17, 15) is 14.7 Å². The molecular formula is C14H27N3O4. The fourth-order valence-corrected chi connectivity index (χ4v) is 2.31. The van der Waals surface area contributed by atoms with E-state index in [1.807, 2.05) is 0 Å². The number of nitrogens with zero attached hydrogens (tertiary/aromatic N) is 2. The number of hydrogen-bond donors (Lipinski definition) is 3. The molecular weight excluding hydrogens is 274 g/mol. The summed E-state index contributed by atoms with van der Waals surface area (Å²) in [6.07, 6.45) is 1.16. The normalized spacial score (nSPS) is 22.1. The highest BCUT2D eigenvalue weighted by Gasteiger charge is 2.38. The molecule has 3 N–H and O–H groups in total. The molecule has 0 saturated carbocycles. The zero-order chi connectivity index (χ0) is 16.0. The minimum atomic E-state index is -1.07. The van der Waals surface area contributed by atoms with Crippen molar-refractivity contribution in [2.45, 2.75) is 51.3 Å². The van der Waals surface area contributed by atoms with E-state index < -0.39 is 24.1 Å². The lowest BCUT2D eigenvalue weighted by Crippen LogP contribution is -2.46. The van der Waals surface area contributed by atoms with Crippen molar-refractivity contribution in [3.63, 3.8) is 0 Å². The van der Waals surface area contributed by atoms with Crippen molar-refractivity contribution >= 4 is 12.0 Å². The van der Waals surface area contributed by atoms with Gasteiger partial charge in [-0.1, -0.05) is 0 Å². The van der Waals surface area contributed by atoms with Crippen LogP contribution in [0.25, 0.3) is 0 Å². The Labute approximate surface area is 125 Å². The van der Waals surface area contributed by atoms with Gasteiger partial charge in [-0.2, -0.15) is 0 Å². The van der Waals surface area contributed by atoms with Gasteiger partial charge in [-0.3, -0.25) is 0 Å². The molecule has 2 amide bonds. The lowest BCUT2D eigenvalue weighted by atomic mass is 10.2. The molecule has 0 aromatic rings. The van der Waals surface area contributed by atoms with Crippen LogP contribution in [0.2, 0.25) is 0 Å². The zero-order valence-corrected chi connectivity index (χ0v) is 13.1. The Bertz CT molecular complexity index is 362. The second-order valence-electron chi connectivity index (χ2n) is 5.91. The number of aliphatic hydroxyl groups is 1. The third-order valence-electron chi connectivity index (χ3n) is 3.92. The summed E-state index contributed by atoms with van der Waals surface area (Å²) in [6, 6.07) is -0.828. The van der Waals surface area contributed by atoms with Crippen molar-refractivity contribution in [3.8, 4) is 0 Å². The van der Waals surface area contributed by atoms with Gasteiger partial charge < -0.3 is 25.3 Å². The molecule has 1 saturated heterocycles. The summed E-state index contributed by atoms with van der Waals surface area (Å²) in [4.78, 5) is 26.4.